The van der Waals surface area contributed by atoms with Crippen LogP contribution in [0.3, 0.4) is 0 Å². The molecule has 6 heteroatoms. The van der Waals surface area contributed by atoms with Crippen LogP contribution in [0.1, 0.15) is 31.3 Å². The largest absolute Gasteiger partial charge is 0.493 e. The van der Waals surface area contributed by atoms with E-state index < -0.39 is 0 Å². The predicted octanol–water partition coefficient (Wildman–Crippen LogP) is 1.94. The second kappa shape index (κ2) is 6.38. The van der Waals surface area contributed by atoms with E-state index in [1.54, 1.807) is 11.8 Å². The minimum absolute atomic E-state index is 0.152. The zero-order valence-corrected chi connectivity index (χ0v) is 11.9. The number of para-hydroxylation sites is 2. The second-order valence-electron chi connectivity index (χ2n) is 4.62. The highest BCUT2D eigenvalue weighted by molar-refractivity contribution is 5.39. The molecule has 108 valence electrons. The summed E-state index contributed by atoms with van der Waals surface area (Å²) < 4.78 is 12.8. The van der Waals surface area contributed by atoms with Gasteiger partial charge in [0.05, 0.1) is 13.7 Å². The minimum atomic E-state index is -0.155. The number of aliphatic hydroxyl groups is 1. The fraction of sp³-hybridized carbons (Fsp3) is 0.429. The summed E-state index contributed by atoms with van der Waals surface area (Å²) in [7, 11) is 1.60. The highest BCUT2D eigenvalue weighted by atomic mass is 16.5. The highest BCUT2D eigenvalue weighted by Crippen LogP contribution is 2.27. The van der Waals surface area contributed by atoms with Crippen LogP contribution in [0.15, 0.2) is 24.3 Å². The lowest BCUT2D eigenvalue weighted by Gasteiger charge is -2.13. The first-order chi connectivity index (χ1) is 9.67. The molecule has 0 aliphatic heterocycles. The van der Waals surface area contributed by atoms with Crippen molar-refractivity contribution >= 4 is 0 Å². The zero-order valence-electron chi connectivity index (χ0n) is 11.9. The molecule has 2 aromatic rings. The van der Waals surface area contributed by atoms with Crippen molar-refractivity contribution in [2.45, 2.75) is 33.1 Å². The van der Waals surface area contributed by atoms with E-state index in [9.17, 15) is 5.11 Å². The van der Waals surface area contributed by atoms with E-state index in [4.69, 9.17) is 9.47 Å². The van der Waals surface area contributed by atoms with Gasteiger partial charge >= 0.3 is 0 Å². The third-order valence-electron chi connectivity index (χ3n) is 2.94. The van der Waals surface area contributed by atoms with E-state index in [1.807, 2.05) is 38.1 Å². The Morgan fingerprint density at radius 1 is 1.25 bits per heavy atom. The maximum Gasteiger partial charge on any atom is 0.161 e. The Kier molecular flexibility index (Phi) is 4.57. The first kappa shape index (κ1) is 14.3. The van der Waals surface area contributed by atoms with Crippen molar-refractivity contribution in [2.75, 3.05) is 7.11 Å². The summed E-state index contributed by atoms with van der Waals surface area (Å²) in [6, 6.07) is 7.58. The third-order valence-corrected chi connectivity index (χ3v) is 2.94. The normalized spacial score (nSPS) is 10.8. The summed E-state index contributed by atoms with van der Waals surface area (Å²) in [6.45, 7) is 4.13. The average Bonchev–Trinajstić information content (AvgIpc) is 2.88. The molecule has 20 heavy (non-hydrogen) atoms. The Balaban J connectivity index is 2.20. The number of aromatic nitrogens is 3. The van der Waals surface area contributed by atoms with Gasteiger partial charge in [-0.25, -0.2) is 4.68 Å². The number of rotatable bonds is 6. The van der Waals surface area contributed by atoms with Crippen molar-refractivity contribution in [3.63, 3.8) is 0 Å². The van der Waals surface area contributed by atoms with E-state index in [0.29, 0.717) is 17.2 Å². The van der Waals surface area contributed by atoms with Gasteiger partial charge in [0.15, 0.2) is 11.5 Å². The Labute approximate surface area is 117 Å². The molecule has 6 nitrogen and oxygen atoms in total. The first-order valence-electron chi connectivity index (χ1n) is 6.47. The van der Waals surface area contributed by atoms with E-state index in [-0.39, 0.29) is 19.3 Å². The quantitative estimate of drug-likeness (QED) is 0.873. The summed E-state index contributed by atoms with van der Waals surface area (Å²) in [5, 5.41) is 17.3. The molecule has 1 heterocycles. The Morgan fingerprint density at radius 3 is 2.55 bits per heavy atom. The maximum atomic E-state index is 9.32. The van der Waals surface area contributed by atoms with Crippen LogP contribution in [0.25, 0.3) is 0 Å². The molecule has 0 unspecified atom stereocenters. The molecule has 0 radical (unpaired) electrons. The predicted molar refractivity (Wildman–Crippen MR) is 73.7 cm³/mol. The van der Waals surface area contributed by atoms with Crippen LogP contribution >= 0.6 is 0 Å². The Hall–Kier alpha value is -2.08. The summed E-state index contributed by atoms with van der Waals surface area (Å²) in [5.74, 6) is 1.32. The molecular formula is C14H19N3O3. The highest BCUT2D eigenvalue weighted by Gasteiger charge is 2.15. The van der Waals surface area contributed by atoms with Crippen LogP contribution < -0.4 is 9.47 Å². The van der Waals surface area contributed by atoms with Gasteiger partial charge in [-0.2, -0.15) is 0 Å². The molecule has 1 aromatic carbocycles. The number of benzene rings is 1. The van der Waals surface area contributed by atoms with Gasteiger partial charge in [0, 0.05) is 6.04 Å². The van der Waals surface area contributed by atoms with Crippen molar-refractivity contribution in [1.82, 2.24) is 15.0 Å². The molecule has 0 amide bonds. The van der Waals surface area contributed by atoms with Crippen molar-refractivity contribution < 1.29 is 14.6 Å². The zero-order chi connectivity index (χ0) is 14.5. The molecule has 1 aromatic heterocycles. The molecule has 1 N–H and O–H groups in total. The molecule has 0 saturated heterocycles. The van der Waals surface area contributed by atoms with Gasteiger partial charge in [-0.3, -0.25) is 0 Å². The average molecular weight is 277 g/mol. The van der Waals surface area contributed by atoms with Gasteiger partial charge in [-0.1, -0.05) is 17.3 Å². The monoisotopic (exact) mass is 277 g/mol. The first-order valence-corrected chi connectivity index (χ1v) is 6.47. The van der Waals surface area contributed by atoms with Crippen molar-refractivity contribution in [1.29, 1.82) is 0 Å². The number of methoxy groups -OCH3 is 1. The Bertz CT molecular complexity index is 567. The molecule has 0 aliphatic rings. The van der Waals surface area contributed by atoms with Crippen LogP contribution in [0.2, 0.25) is 0 Å². The number of nitrogens with zero attached hydrogens (tertiary/aromatic N) is 3. The number of hydrogen-bond acceptors (Lipinski definition) is 5. The van der Waals surface area contributed by atoms with Gasteiger partial charge < -0.3 is 14.6 Å². The SMILES string of the molecule is COc1ccccc1OCc1c(CO)nnn1C(C)C. The Morgan fingerprint density at radius 2 is 1.95 bits per heavy atom. The number of hydrogen-bond donors (Lipinski definition) is 1. The fourth-order valence-corrected chi connectivity index (χ4v) is 1.92. The summed E-state index contributed by atoms with van der Waals surface area (Å²) in [6.07, 6.45) is 0. The van der Waals surface area contributed by atoms with Crippen LogP contribution in [-0.2, 0) is 13.2 Å². The molecule has 0 saturated carbocycles. The van der Waals surface area contributed by atoms with Gasteiger partial charge in [0.1, 0.15) is 18.0 Å². The van der Waals surface area contributed by atoms with Crippen molar-refractivity contribution in [3.8, 4) is 11.5 Å². The van der Waals surface area contributed by atoms with Gasteiger partial charge in [-0.05, 0) is 26.0 Å². The van der Waals surface area contributed by atoms with Crippen LogP contribution in [0, 0.1) is 0 Å². The standard InChI is InChI=1S/C14H19N3O3/c1-10(2)17-12(11(8-18)15-16-17)9-20-14-7-5-4-6-13(14)19-3/h4-7,10,18H,8-9H2,1-3H3. The lowest BCUT2D eigenvalue weighted by atomic mass is 10.3. The topological polar surface area (TPSA) is 69.4 Å². The van der Waals surface area contributed by atoms with Gasteiger partial charge in [0.25, 0.3) is 0 Å². The third kappa shape index (κ3) is 2.91. The van der Waals surface area contributed by atoms with Crippen LogP contribution in [0.5, 0.6) is 11.5 Å². The summed E-state index contributed by atoms with van der Waals surface area (Å²) >= 11 is 0. The van der Waals surface area contributed by atoms with Crippen LogP contribution in [-0.4, -0.2) is 27.2 Å². The maximum absolute atomic E-state index is 9.32. The summed E-state index contributed by atoms with van der Waals surface area (Å²) in [4.78, 5) is 0. The molecular weight excluding hydrogens is 258 g/mol. The minimum Gasteiger partial charge on any atom is -0.493 e. The molecule has 0 aliphatic carbocycles. The van der Waals surface area contributed by atoms with Gasteiger partial charge in [0.2, 0.25) is 0 Å². The fourth-order valence-electron chi connectivity index (χ4n) is 1.92. The molecule has 2 rings (SSSR count). The summed E-state index contributed by atoms with van der Waals surface area (Å²) in [5.41, 5.74) is 1.31. The lowest BCUT2D eigenvalue weighted by molar-refractivity contribution is 0.253. The molecule has 0 fully saturated rings. The molecule has 0 atom stereocenters. The van der Waals surface area contributed by atoms with E-state index in [1.165, 1.54) is 0 Å². The number of ether oxygens (including phenoxy) is 2. The lowest BCUT2D eigenvalue weighted by Crippen LogP contribution is -2.11. The van der Waals surface area contributed by atoms with Crippen LogP contribution in [0.4, 0.5) is 0 Å². The van der Waals surface area contributed by atoms with Gasteiger partial charge in [-0.15, -0.1) is 5.10 Å². The molecule has 0 spiro atoms. The number of aliphatic hydroxyl groups excluding tert-OH is 1. The second-order valence-corrected chi connectivity index (χ2v) is 4.62. The van der Waals surface area contributed by atoms with Crippen molar-refractivity contribution in [2.24, 2.45) is 0 Å². The van der Waals surface area contributed by atoms with E-state index in [2.05, 4.69) is 10.3 Å². The van der Waals surface area contributed by atoms with E-state index in [0.717, 1.165) is 5.69 Å². The molecule has 0 bridgehead atoms. The van der Waals surface area contributed by atoms with Crippen molar-refractivity contribution in [3.05, 3.63) is 35.7 Å². The smallest absolute Gasteiger partial charge is 0.161 e. The van der Waals surface area contributed by atoms with E-state index >= 15 is 0 Å².